The molecule has 1 heterocycles. The first kappa shape index (κ1) is 12.6. The van der Waals surface area contributed by atoms with Crippen molar-refractivity contribution in [3.05, 3.63) is 18.2 Å². The van der Waals surface area contributed by atoms with E-state index in [0.717, 1.165) is 36.7 Å². The molecule has 1 fully saturated rings. The van der Waals surface area contributed by atoms with Crippen LogP contribution in [0.3, 0.4) is 0 Å². The van der Waals surface area contributed by atoms with Crippen LogP contribution in [0.2, 0.25) is 0 Å². The minimum atomic E-state index is 0.748. The Labute approximate surface area is 104 Å². The number of hydrogen-bond donors (Lipinski definition) is 2. The number of nitrogens with zero attached hydrogens (tertiary/aromatic N) is 1. The molecule has 3 heteroatoms. The molecule has 2 rings (SSSR count). The molecule has 1 aliphatic carbocycles. The quantitative estimate of drug-likeness (QED) is 0.770. The lowest BCUT2D eigenvalue weighted by atomic mass is 9.79. The van der Waals surface area contributed by atoms with Gasteiger partial charge >= 0.3 is 0 Å². The van der Waals surface area contributed by atoms with Gasteiger partial charge in [0.2, 0.25) is 0 Å². The van der Waals surface area contributed by atoms with Crippen molar-refractivity contribution in [2.45, 2.75) is 52.0 Å². The molecule has 0 saturated heterocycles. The second-order valence-corrected chi connectivity index (χ2v) is 5.56. The van der Waals surface area contributed by atoms with Crippen LogP contribution < -0.4 is 5.32 Å². The van der Waals surface area contributed by atoms with Gasteiger partial charge in [-0.3, -0.25) is 0 Å². The molecular weight excluding hydrogens is 210 g/mol. The number of rotatable bonds is 5. The Hall–Kier alpha value is -0.830. The summed E-state index contributed by atoms with van der Waals surface area (Å²) in [6, 6.07) is 0.748. The predicted molar refractivity (Wildman–Crippen MR) is 70.9 cm³/mol. The van der Waals surface area contributed by atoms with Crippen LogP contribution in [-0.4, -0.2) is 22.6 Å². The lowest BCUT2D eigenvalue weighted by Crippen LogP contribution is -2.36. The third kappa shape index (κ3) is 3.84. The van der Waals surface area contributed by atoms with E-state index in [4.69, 9.17) is 0 Å². The van der Waals surface area contributed by atoms with Crippen LogP contribution in [-0.2, 0) is 6.42 Å². The molecular formula is C14H25N3. The summed E-state index contributed by atoms with van der Waals surface area (Å²) in [6.45, 7) is 5.89. The zero-order valence-electron chi connectivity index (χ0n) is 11.1. The van der Waals surface area contributed by atoms with Gasteiger partial charge in [-0.2, -0.15) is 0 Å². The summed E-state index contributed by atoms with van der Waals surface area (Å²) in [5.41, 5.74) is 0. The number of nitrogens with one attached hydrogen (secondary N) is 2. The highest BCUT2D eigenvalue weighted by molar-refractivity contribution is 4.87. The Morgan fingerprint density at radius 1 is 1.35 bits per heavy atom. The van der Waals surface area contributed by atoms with Crippen molar-refractivity contribution in [3.8, 4) is 0 Å². The number of aromatic nitrogens is 2. The molecule has 0 spiro atoms. The van der Waals surface area contributed by atoms with Gasteiger partial charge in [-0.25, -0.2) is 4.98 Å². The van der Waals surface area contributed by atoms with Gasteiger partial charge < -0.3 is 10.3 Å². The van der Waals surface area contributed by atoms with Gasteiger partial charge in [0, 0.05) is 24.9 Å². The van der Waals surface area contributed by atoms with Crippen LogP contribution in [0.25, 0.3) is 0 Å². The number of aryl methyl sites for hydroxylation is 1. The topological polar surface area (TPSA) is 40.7 Å². The zero-order chi connectivity index (χ0) is 12.1. The van der Waals surface area contributed by atoms with E-state index in [1.807, 2.05) is 12.4 Å². The first-order valence-electron chi connectivity index (χ1n) is 6.97. The summed E-state index contributed by atoms with van der Waals surface area (Å²) in [4.78, 5) is 7.39. The van der Waals surface area contributed by atoms with Gasteiger partial charge in [0.15, 0.2) is 0 Å². The first-order valence-corrected chi connectivity index (χ1v) is 6.97. The van der Waals surface area contributed by atoms with Crippen molar-refractivity contribution in [3.63, 3.8) is 0 Å². The van der Waals surface area contributed by atoms with Gasteiger partial charge in [-0.1, -0.05) is 13.8 Å². The molecule has 17 heavy (non-hydrogen) atoms. The number of aromatic amines is 1. The number of H-pyrrole nitrogens is 1. The van der Waals surface area contributed by atoms with Gasteiger partial charge in [0.05, 0.1) is 0 Å². The average Bonchev–Trinajstić information content (AvgIpc) is 2.82. The Bertz CT molecular complexity index is 307. The van der Waals surface area contributed by atoms with Crippen molar-refractivity contribution in [2.75, 3.05) is 6.54 Å². The third-order valence-corrected chi connectivity index (χ3v) is 4.18. The van der Waals surface area contributed by atoms with Gasteiger partial charge in [0.1, 0.15) is 5.82 Å². The molecule has 0 radical (unpaired) electrons. The van der Waals surface area contributed by atoms with Gasteiger partial charge in [-0.05, 0) is 44.1 Å². The van der Waals surface area contributed by atoms with Crippen molar-refractivity contribution >= 4 is 0 Å². The van der Waals surface area contributed by atoms with Crippen LogP contribution in [0.4, 0.5) is 0 Å². The molecule has 0 bridgehead atoms. The minimum absolute atomic E-state index is 0.748. The van der Waals surface area contributed by atoms with Crippen molar-refractivity contribution < 1.29 is 0 Å². The molecule has 1 aromatic heterocycles. The first-order chi connectivity index (χ1) is 8.25. The Balaban J connectivity index is 1.59. The summed E-state index contributed by atoms with van der Waals surface area (Å²) in [5.74, 6) is 2.90. The maximum atomic E-state index is 4.24. The fourth-order valence-corrected chi connectivity index (χ4v) is 2.73. The third-order valence-electron chi connectivity index (χ3n) is 4.18. The van der Waals surface area contributed by atoms with E-state index in [0.29, 0.717) is 0 Å². The van der Waals surface area contributed by atoms with E-state index >= 15 is 0 Å². The Kier molecular flexibility index (Phi) is 4.60. The molecule has 0 aliphatic heterocycles. The molecule has 1 saturated carbocycles. The summed E-state index contributed by atoms with van der Waals surface area (Å²) < 4.78 is 0. The normalized spacial score (nSPS) is 29.4. The van der Waals surface area contributed by atoms with Crippen LogP contribution >= 0.6 is 0 Å². The largest absolute Gasteiger partial charge is 0.349 e. The van der Waals surface area contributed by atoms with E-state index in [2.05, 4.69) is 29.1 Å². The van der Waals surface area contributed by atoms with E-state index < -0.39 is 0 Å². The molecule has 96 valence electrons. The zero-order valence-corrected chi connectivity index (χ0v) is 11.1. The highest BCUT2D eigenvalue weighted by atomic mass is 14.9. The van der Waals surface area contributed by atoms with Gasteiger partial charge in [0.25, 0.3) is 0 Å². The summed E-state index contributed by atoms with van der Waals surface area (Å²) in [6.07, 6.45) is 10.0. The van der Waals surface area contributed by atoms with Crippen LogP contribution in [0, 0.1) is 11.8 Å². The smallest absolute Gasteiger partial charge is 0.106 e. The summed E-state index contributed by atoms with van der Waals surface area (Å²) in [5, 5.41) is 3.69. The monoisotopic (exact) mass is 235 g/mol. The van der Waals surface area contributed by atoms with Gasteiger partial charge in [-0.15, -0.1) is 0 Å². The van der Waals surface area contributed by atoms with E-state index in [9.17, 15) is 0 Å². The second-order valence-electron chi connectivity index (χ2n) is 5.56. The fourth-order valence-electron chi connectivity index (χ4n) is 2.73. The average molecular weight is 235 g/mol. The minimum Gasteiger partial charge on any atom is -0.349 e. The van der Waals surface area contributed by atoms with Crippen molar-refractivity contribution in [1.82, 2.24) is 15.3 Å². The number of imidazole rings is 1. The van der Waals surface area contributed by atoms with Crippen molar-refractivity contribution in [2.24, 2.45) is 11.8 Å². The second kappa shape index (κ2) is 6.20. The Morgan fingerprint density at radius 2 is 2.24 bits per heavy atom. The van der Waals surface area contributed by atoms with Crippen LogP contribution in [0.5, 0.6) is 0 Å². The number of hydrogen-bond acceptors (Lipinski definition) is 2. The molecule has 0 aromatic carbocycles. The van der Waals surface area contributed by atoms with Crippen LogP contribution in [0.15, 0.2) is 12.4 Å². The molecule has 3 unspecified atom stereocenters. The molecule has 3 atom stereocenters. The van der Waals surface area contributed by atoms with E-state index in [1.165, 1.54) is 25.7 Å². The molecule has 1 aliphatic rings. The van der Waals surface area contributed by atoms with E-state index in [1.54, 1.807) is 0 Å². The summed E-state index contributed by atoms with van der Waals surface area (Å²) >= 11 is 0. The Morgan fingerprint density at radius 3 is 2.94 bits per heavy atom. The molecule has 1 aromatic rings. The molecule has 3 nitrogen and oxygen atoms in total. The SMILES string of the molecule is CC1CCC(NCCCc2ncc[nH]2)CC1C. The summed E-state index contributed by atoms with van der Waals surface area (Å²) in [7, 11) is 0. The lowest BCUT2D eigenvalue weighted by Gasteiger charge is -2.32. The van der Waals surface area contributed by atoms with E-state index in [-0.39, 0.29) is 0 Å². The molecule has 2 N–H and O–H groups in total. The van der Waals surface area contributed by atoms with Crippen LogP contribution in [0.1, 0.15) is 45.4 Å². The highest BCUT2D eigenvalue weighted by Gasteiger charge is 2.23. The molecule has 0 amide bonds. The predicted octanol–water partition coefficient (Wildman–Crippen LogP) is 2.76. The highest BCUT2D eigenvalue weighted by Crippen LogP contribution is 2.29. The lowest BCUT2D eigenvalue weighted by molar-refractivity contribution is 0.226. The maximum Gasteiger partial charge on any atom is 0.106 e. The maximum absolute atomic E-state index is 4.24. The fraction of sp³-hybridized carbons (Fsp3) is 0.786. The standard InChI is InChI=1S/C14H25N3/c1-11-5-6-13(10-12(11)2)15-7-3-4-14-16-8-9-17-14/h8-9,11-13,15H,3-7,10H2,1-2H3,(H,16,17). The van der Waals surface area contributed by atoms with Crippen molar-refractivity contribution in [1.29, 1.82) is 0 Å².